The molecule has 1 heterocycles. The molecule has 1 saturated carbocycles. The van der Waals surface area contributed by atoms with Gasteiger partial charge in [0.25, 0.3) is 0 Å². The summed E-state index contributed by atoms with van der Waals surface area (Å²) in [6.07, 6.45) is 2.60. The van der Waals surface area contributed by atoms with Crippen LogP contribution >= 0.6 is 11.6 Å². The van der Waals surface area contributed by atoms with Crippen molar-refractivity contribution < 1.29 is 0 Å². The molecule has 2 aromatic rings. The third-order valence-electron chi connectivity index (χ3n) is 3.18. The van der Waals surface area contributed by atoms with Gasteiger partial charge in [0.15, 0.2) is 0 Å². The highest BCUT2D eigenvalue weighted by Gasteiger charge is 2.27. The Labute approximate surface area is 101 Å². The first kappa shape index (κ1) is 9.98. The highest BCUT2D eigenvalue weighted by molar-refractivity contribution is 6.33. The predicted octanol–water partition coefficient (Wildman–Crippen LogP) is 4.45. The molecule has 16 heavy (non-hydrogen) atoms. The summed E-state index contributed by atoms with van der Waals surface area (Å²) in [6.45, 7) is 2.17. The van der Waals surface area contributed by atoms with Crippen LogP contribution in [0.4, 0.5) is 0 Å². The van der Waals surface area contributed by atoms with E-state index < -0.39 is 0 Å². The minimum Gasteiger partial charge on any atom is -0.342 e. The summed E-state index contributed by atoms with van der Waals surface area (Å²) >= 11 is 6.25. The smallest absolute Gasteiger partial charge is 0.0500 e. The lowest BCUT2D eigenvalue weighted by Crippen LogP contribution is -1.98. The average Bonchev–Trinajstić information content (AvgIpc) is 3.04. The fraction of sp³-hybridized carbons (Fsp3) is 0.286. The highest BCUT2D eigenvalue weighted by Crippen LogP contribution is 2.41. The van der Waals surface area contributed by atoms with E-state index in [9.17, 15) is 0 Å². The second kappa shape index (κ2) is 3.67. The van der Waals surface area contributed by atoms with Crippen molar-refractivity contribution in [2.75, 3.05) is 0 Å². The molecule has 1 nitrogen and oxygen atoms in total. The van der Waals surface area contributed by atoms with Gasteiger partial charge in [-0.2, -0.15) is 0 Å². The van der Waals surface area contributed by atoms with Crippen molar-refractivity contribution >= 4 is 11.6 Å². The zero-order valence-corrected chi connectivity index (χ0v) is 10.0. The zero-order chi connectivity index (χ0) is 11.1. The second-order valence-electron chi connectivity index (χ2n) is 4.44. The van der Waals surface area contributed by atoms with Crippen LogP contribution in [0.25, 0.3) is 11.3 Å². The van der Waals surface area contributed by atoms with Gasteiger partial charge in [0.05, 0.1) is 0 Å². The minimum atomic E-state index is 0.696. The van der Waals surface area contributed by atoms with E-state index in [1.54, 1.807) is 0 Å². The number of aromatic nitrogens is 1. The molecule has 3 rings (SSSR count). The van der Waals surface area contributed by atoms with E-state index in [1.807, 2.05) is 18.2 Å². The average molecular weight is 232 g/mol. The van der Waals surface area contributed by atoms with E-state index in [1.165, 1.54) is 24.2 Å². The van der Waals surface area contributed by atoms with Gasteiger partial charge in [-0.15, -0.1) is 0 Å². The van der Waals surface area contributed by atoms with Crippen LogP contribution < -0.4 is 0 Å². The Bertz CT molecular complexity index is 523. The van der Waals surface area contributed by atoms with Crippen molar-refractivity contribution in [3.05, 3.63) is 47.1 Å². The van der Waals surface area contributed by atoms with Gasteiger partial charge in [-0.1, -0.05) is 29.8 Å². The largest absolute Gasteiger partial charge is 0.342 e. The summed E-state index contributed by atoms with van der Waals surface area (Å²) in [6, 6.07) is 13.1. The lowest BCUT2D eigenvalue weighted by Gasteiger charge is -2.11. The van der Waals surface area contributed by atoms with Gasteiger partial charge in [-0.3, -0.25) is 0 Å². The van der Waals surface area contributed by atoms with Crippen molar-refractivity contribution in [2.45, 2.75) is 25.8 Å². The topological polar surface area (TPSA) is 4.93 Å². The molecular formula is C14H14ClN. The monoisotopic (exact) mass is 231 g/mol. The van der Waals surface area contributed by atoms with E-state index in [2.05, 4.69) is 29.7 Å². The molecule has 1 aliphatic carbocycles. The third kappa shape index (κ3) is 1.56. The van der Waals surface area contributed by atoms with Crippen molar-refractivity contribution in [3.8, 4) is 11.3 Å². The maximum atomic E-state index is 6.25. The molecule has 1 aromatic carbocycles. The van der Waals surface area contributed by atoms with Crippen LogP contribution in [0, 0.1) is 6.92 Å². The molecule has 0 bridgehead atoms. The SMILES string of the molecule is Cc1ccc(-c2ccccc2Cl)n1C1CC1. The van der Waals surface area contributed by atoms with Gasteiger partial charge >= 0.3 is 0 Å². The zero-order valence-electron chi connectivity index (χ0n) is 9.28. The molecule has 0 radical (unpaired) electrons. The molecule has 0 saturated heterocycles. The molecule has 0 N–H and O–H groups in total. The van der Waals surface area contributed by atoms with Crippen LogP contribution in [0.1, 0.15) is 24.6 Å². The molecule has 1 aliphatic rings. The maximum absolute atomic E-state index is 6.25. The van der Waals surface area contributed by atoms with Gasteiger partial charge in [0, 0.05) is 28.0 Å². The number of nitrogens with zero attached hydrogens (tertiary/aromatic N) is 1. The van der Waals surface area contributed by atoms with E-state index in [-0.39, 0.29) is 0 Å². The number of benzene rings is 1. The van der Waals surface area contributed by atoms with Crippen LogP contribution in [0.3, 0.4) is 0 Å². The predicted molar refractivity (Wildman–Crippen MR) is 67.9 cm³/mol. The Morgan fingerprint density at radius 3 is 2.56 bits per heavy atom. The Hall–Kier alpha value is -1.21. The molecular weight excluding hydrogens is 218 g/mol. The Kier molecular flexibility index (Phi) is 2.29. The summed E-state index contributed by atoms with van der Waals surface area (Å²) in [5, 5.41) is 0.836. The molecule has 0 atom stereocenters. The number of rotatable bonds is 2. The Morgan fingerprint density at radius 2 is 1.88 bits per heavy atom. The first-order valence-electron chi connectivity index (χ1n) is 5.70. The van der Waals surface area contributed by atoms with Crippen LogP contribution in [0.5, 0.6) is 0 Å². The van der Waals surface area contributed by atoms with Crippen LogP contribution in [0.2, 0.25) is 5.02 Å². The first-order valence-corrected chi connectivity index (χ1v) is 6.08. The summed E-state index contributed by atoms with van der Waals surface area (Å²) in [5.41, 5.74) is 3.73. The number of aryl methyl sites for hydroxylation is 1. The molecule has 2 heteroatoms. The van der Waals surface area contributed by atoms with Gasteiger partial charge in [-0.25, -0.2) is 0 Å². The van der Waals surface area contributed by atoms with E-state index in [0.717, 1.165) is 10.6 Å². The standard InChI is InChI=1S/C14H14ClN/c1-10-6-9-14(16(10)11-7-8-11)12-4-2-3-5-13(12)15/h2-6,9,11H,7-8H2,1H3. The molecule has 0 unspecified atom stereocenters. The maximum Gasteiger partial charge on any atom is 0.0500 e. The van der Waals surface area contributed by atoms with E-state index in [4.69, 9.17) is 11.6 Å². The van der Waals surface area contributed by atoms with Crippen molar-refractivity contribution in [1.82, 2.24) is 4.57 Å². The number of hydrogen-bond donors (Lipinski definition) is 0. The van der Waals surface area contributed by atoms with Gasteiger partial charge in [0.1, 0.15) is 0 Å². The molecule has 0 spiro atoms. The van der Waals surface area contributed by atoms with Crippen LogP contribution in [0.15, 0.2) is 36.4 Å². The summed E-state index contributed by atoms with van der Waals surface area (Å²) < 4.78 is 2.42. The second-order valence-corrected chi connectivity index (χ2v) is 4.85. The van der Waals surface area contributed by atoms with Gasteiger partial charge < -0.3 is 4.57 Å². The van der Waals surface area contributed by atoms with E-state index in [0.29, 0.717) is 6.04 Å². The summed E-state index contributed by atoms with van der Waals surface area (Å²) in [5.74, 6) is 0. The minimum absolute atomic E-state index is 0.696. The van der Waals surface area contributed by atoms with Crippen LogP contribution in [-0.2, 0) is 0 Å². The quantitative estimate of drug-likeness (QED) is 0.720. The van der Waals surface area contributed by atoms with Gasteiger partial charge in [-0.05, 0) is 38.0 Å². The highest BCUT2D eigenvalue weighted by atomic mass is 35.5. The molecule has 0 aliphatic heterocycles. The van der Waals surface area contributed by atoms with Crippen molar-refractivity contribution in [3.63, 3.8) is 0 Å². The molecule has 82 valence electrons. The van der Waals surface area contributed by atoms with Crippen LogP contribution in [-0.4, -0.2) is 4.57 Å². The summed E-state index contributed by atoms with van der Waals surface area (Å²) in [4.78, 5) is 0. The van der Waals surface area contributed by atoms with Gasteiger partial charge in [0.2, 0.25) is 0 Å². The number of halogens is 1. The Balaban J connectivity index is 2.16. The summed E-state index contributed by atoms with van der Waals surface area (Å²) in [7, 11) is 0. The fourth-order valence-electron chi connectivity index (χ4n) is 2.26. The molecule has 1 aromatic heterocycles. The van der Waals surface area contributed by atoms with Crippen molar-refractivity contribution in [1.29, 1.82) is 0 Å². The third-order valence-corrected chi connectivity index (χ3v) is 3.51. The lowest BCUT2D eigenvalue weighted by molar-refractivity contribution is 0.730. The van der Waals surface area contributed by atoms with Crippen molar-refractivity contribution in [2.24, 2.45) is 0 Å². The first-order chi connectivity index (χ1) is 7.77. The molecule has 1 fully saturated rings. The van der Waals surface area contributed by atoms with E-state index >= 15 is 0 Å². The lowest BCUT2D eigenvalue weighted by atomic mass is 10.1. The molecule has 0 amide bonds. The fourth-order valence-corrected chi connectivity index (χ4v) is 2.49. The number of hydrogen-bond acceptors (Lipinski definition) is 0. The normalized spacial score (nSPS) is 15.4. The Morgan fingerprint density at radius 1 is 1.12 bits per heavy atom.